The number of fused-ring (bicyclic) bond motifs is 2. The number of nitrogens with two attached hydrogens (primary N) is 2. The first kappa shape index (κ1) is 45.2. The minimum Gasteiger partial charge on any atom is -0.478 e. The molecule has 19 nitrogen and oxygen atoms in total. The molecule has 8 rings (SSSR count). The monoisotopic (exact) mass is 892 g/mol. The number of nitrogen functional groups attached to an aromatic ring is 2. The summed E-state index contributed by atoms with van der Waals surface area (Å²) in [4.78, 5) is 34.6. The van der Waals surface area contributed by atoms with Gasteiger partial charge >= 0.3 is 31.0 Å². The van der Waals surface area contributed by atoms with Crippen LogP contribution in [0.1, 0.15) is 11.1 Å². The minimum absolute atomic E-state index is 0.0244. The topological polar surface area (TPSA) is 245 Å². The number of phosphoric ester groups is 1. The van der Waals surface area contributed by atoms with E-state index in [0.717, 1.165) is 33.3 Å². The fourth-order valence-electron chi connectivity index (χ4n) is 6.92. The molecule has 8 aromatic rings. The average molecular weight is 893 g/mol. The van der Waals surface area contributed by atoms with E-state index < -0.39 is 7.82 Å². The fourth-order valence-corrected chi connectivity index (χ4v) is 7.23. The second-order valence-corrected chi connectivity index (χ2v) is 15.4. The van der Waals surface area contributed by atoms with Gasteiger partial charge in [0.05, 0.1) is 53.7 Å². The summed E-state index contributed by atoms with van der Waals surface area (Å²) in [5.74, 6) is 0.902. The van der Waals surface area contributed by atoms with E-state index in [1.807, 2.05) is 56.4 Å². The van der Waals surface area contributed by atoms with Crippen LogP contribution >= 0.6 is 7.82 Å². The Hall–Kier alpha value is -6.83. The predicted octanol–water partition coefficient (Wildman–Crippen LogP) is 4.10. The number of aromatic nitrogens is 8. The second-order valence-electron chi connectivity index (χ2n) is 14.2. The number of phosphoric acid groups is 1. The highest BCUT2D eigenvalue weighted by molar-refractivity contribution is 7.46. The fraction of sp³-hybridized carbons (Fsp3) is 0.227. The summed E-state index contributed by atoms with van der Waals surface area (Å²) < 4.78 is 44.5. The molecule has 0 saturated carbocycles. The molecule has 0 fully saturated rings. The molecule has 0 saturated heterocycles. The summed E-state index contributed by atoms with van der Waals surface area (Å²) in [5.41, 5.74) is 21.0. The Labute approximate surface area is 367 Å². The number of rotatable bonds is 18. The Morgan fingerprint density at radius 2 is 0.984 bits per heavy atom. The van der Waals surface area contributed by atoms with Crippen LogP contribution in [0.3, 0.4) is 0 Å². The molecule has 0 bridgehead atoms. The molecule has 0 unspecified atom stereocenters. The molecule has 0 aliphatic carbocycles. The van der Waals surface area contributed by atoms with Gasteiger partial charge in [-0.3, -0.25) is 13.7 Å². The van der Waals surface area contributed by atoms with E-state index >= 15 is 0 Å². The number of imidazole rings is 2. The second kappa shape index (κ2) is 21.0. The molecule has 0 aliphatic rings. The first-order chi connectivity index (χ1) is 31.0. The number of hydrogen-bond donors (Lipinski definition) is 5. The molecule has 4 heterocycles. The van der Waals surface area contributed by atoms with Crippen molar-refractivity contribution in [2.45, 2.75) is 26.6 Å². The minimum atomic E-state index is -4.54. The Morgan fingerprint density at radius 1 is 0.578 bits per heavy atom. The van der Waals surface area contributed by atoms with Crippen LogP contribution in [0, 0.1) is 0 Å². The summed E-state index contributed by atoms with van der Waals surface area (Å²) >= 11 is 0. The Kier molecular flexibility index (Phi) is 14.9. The molecule has 4 aromatic carbocycles. The molecule has 0 atom stereocenters. The van der Waals surface area contributed by atoms with E-state index in [0.29, 0.717) is 41.7 Å². The van der Waals surface area contributed by atoms with Gasteiger partial charge in [-0.1, -0.05) is 119 Å². The maximum Gasteiger partial charge on any atom is 0.469 e. The third kappa shape index (κ3) is 11.4. The van der Waals surface area contributed by atoms with Crippen molar-refractivity contribution in [1.82, 2.24) is 29.1 Å². The van der Waals surface area contributed by atoms with Crippen molar-refractivity contribution in [3.63, 3.8) is 0 Å². The van der Waals surface area contributed by atoms with Crippen LogP contribution in [0.4, 0.5) is 11.9 Å². The zero-order valence-electron chi connectivity index (χ0n) is 35.2. The van der Waals surface area contributed by atoms with Crippen molar-refractivity contribution in [2.24, 2.45) is 0 Å². The number of anilines is 2. The molecule has 20 heteroatoms. The number of aliphatic hydroxyl groups excluding tert-OH is 1. The summed E-state index contributed by atoms with van der Waals surface area (Å²) in [7, 11) is -1.47. The predicted molar refractivity (Wildman–Crippen MR) is 236 cm³/mol. The normalized spacial score (nSPS) is 11.5. The van der Waals surface area contributed by atoms with E-state index in [4.69, 9.17) is 45.3 Å². The molecule has 0 aliphatic heterocycles. The van der Waals surface area contributed by atoms with Crippen molar-refractivity contribution in [1.29, 1.82) is 0 Å². The standard InChI is InChI=1S/C22H24N5O6P.C22H24N5O3/c1-31-21-19-20(24-22(23)25-21)27(15-32-11-12-33-34(28,29)30)14-26(19)13-16-7-9-18(10-8-16)17-5-3-2-4-6-17;1-29-21-19-20(24-22(23)25-21)27(15-30-12-11-28)14-26(19)13-16-7-9-18(10-8-16)17-5-3-2-4-6-17/h2-10,14H,11-13,15H2,1H3,(H3-,23,24,25,28,29,30);2-10,14,28H,11-13,15H2,1H3,(H2,23,24,25)/q;+1/p+1. The maximum absolute atomic E-state index is 10.8. The van der Waals surface area contributed by atoms with Crippen LogP contribution in [0.15, 0.2) is 122 Å². The van der Waals surface area contributed by atoms with Crippen molar-refractivity contribution in [3.8, 4) is 34.0 Å². The van der Waals surface area contributed by atoms with Crippen LogP contribution in [0.5, 0.6) is 11.8 Å². The highest BCUT2D eigenvalue weighted by Crippen LogP contribution is 2.35. The summed E-state index contributed by atoms with van der Waals surface area (Å²) in [6, 6.07) is 37.1. The van der Waals surface area contributed by atoms with E-state index in [1.165, 1.54) is 12.7 Å². The van der Waals surface area contributed by atoms with Gasteiger partial charge in [0.1, 0.15) is 0 Å². The molecule has 64 heavy (non-hydrogen) atoms. The maximum atomic E-state index is 10.8. The molecule has 0 radical (unpaired) electrons. The molecule has 7 N–H and O–H groups in total. The molecular formula is C44H49N10O9P+2. The molecule has 0 amide bonds. The van der Waals surface area contributed by atoms with Gasteiger partial charge in [0.2, 0.25) is 11.0 Å². The van der Waals surface area contributed by atoms with Gasteiger partial charge in [0, 0.05) is 0 Å². The van der Waals surface area contributed by atoms with Gasteiger partial charge in [0.25, 0.3) is 11.8 Å². The highest BCUT2D eigenvalue weighted by Gasteiger charge is 2.26. The van der Waals surface area contributed by atoms with Crippen molar-refractivity contribution < 1.29 is 52.1 Å². The Balaban J connectivity index is 0.000000193. The Bertz CT molecular complexity index is 2820. The van der Waals surface area contributed by atoms with E-state index in [-0.39, 0.29) is 51.8 Å². The first-order valence-corrected chi connectivity index (χ1v) is 21.5. The van der Waals surface area contributed by atoms with Gasteiger partial charge in [-0.2, -0.15) is 9.97 Å². The van der Waals surface area contributed by atoms with Crippen LogP contribution in [-0.2, 0) is 45.1 Å². The zero-order chi connectivity index (χ0) is 45.1. The van der Waals surface area contributed by atoms with Gasteiger partial charge in [-0.05, 0) is 33.4 Å². The number of aliphatic hydroxyl groups is 1. The van der Waals surface area contributed by atoms with Gasteiger partial charge in [0.15, 0.2) is 26.1 Å². The van der Waals surface area contributed by atoms with Crippen LogP contribution in [-0.4, -0.2) is 84.6 Å². The molecular weight excluding hydrogens is 844 g/mol. The van der Waals surface area contributed by atoms with Crippen molar-refractivity contribution in [3.05, 3.63) is 133 Å². The van der Waals surface area contributed by atoms with E-state index in [2.05, 4.69) is 97.3 Å². The summed E-state index contributed by atoms with van der Waals surface area (Å²) in [6.45, 7) is 1.32. The van der Waals surface area contributed by atoms with Crippen LogP contribution in [0.25, 0.3) is 44.6 Å². The van der Waals surface area contributed by atoms with Gasteiger partial charge in [-0.15, -0.1) is 0 Å². The molecule has 0 spiro atoms. The lowest BCUT2D eigenvalue weighted by atomic mass is 10.0. The van der Waals surface area contributed by atoms with Gasteiger partial charge in [-0.25, -0.2) is 13.7 Å². The molecule has 4 aromatic heterocycles. The smallest absolute Gasteiger partial charge is 0.469 e. The lowest BCUT2D eigenvalue weighted by Gasteiger charge is -2.05. The first-order valence-electron chi connectivity index (χ1n) is 20.0. The lowest BCUT2D eigenvalue weighted by Crippen LogP contribution is -2.35. The lowest BCUT2D eigenvalue weighted by molar-refractivity contribution is -0.711. The van der Waals surface area contributed by atoms with E-state index in [1.54, 1.807) is 18.0 Å². The summed E-state index contributed by atoms with van der Waals surface area (Å²) in [5, 5.41) is 8.98. The number of nitrogens with zero attached hydrogens (tertiary/aromatic N) is 8. The number of ether oxygens (including phenoxy) is 4. The van der Waals surface area contributed by atoms with Crippen LogP contribution in [0.2, 0.25) is 0 Å². The quantitative estimate of drug-likeness (QED) is 0.0463. The molecule has 332 valence electrons. The Morgan fingerprint density at radius 3 is 1.38 bits per heavy atom. The summed E-state index contributed by atoms with van der Waals surface area (Å²) in [6.07, 6.45) is 3.69. The largest absolute Gasteiger partial charge is 0.478 e. The average Bonchev–Trinajstić information content (AvgIpc) is 3.82. The van der Waals surface area contributed by atoms with Crippen molar-refractivity contribution >= 4 is 42.0 Å². The van der Waals surface area contributed by atoms with Crippen LogP contribution < -0.4 is 30.1 Å². The highest BCUT2D eigenvalue weighted by atomic mass is 31.2. The number of benzene rings is 4. The third-order valence-electron chi connectivity index (χ3n) is 9.78. The third-order valence-corrected chi connectivity index (χ3v) is 10.3. The van der Waals surface area contributed by atoms with Gasteiger partial charge < -0.3 is 45.3 Å². The number of hydrogen-bond acceptors (Lipinski definition) is 13. The van der Waals surface area contributed by atoms with Crippen molar-refractivity contribution in [2.75, 3.05) is 52.1 Å². The number of methoxy groups -OCH3 is 2. The SMILES string of the molecule is COc1nc(N)nc2c1n(Cc1ccc(-c3ccccc3)cc1)c[n+]2COCCO.COc1nc(N)nc2c1n(Cc1ccc(-c3ccccc3)cc1)c[n+]2COCCOP(=O)(O)O. The zero-order valence-corrected chi connectivity index (χ0v) is 36.1. The van der Waals surface area contributed by atoms with E-state index in [9.17, 15) is 4.57 Å².